The van der Waals surface area contributed by atoms with Gasteiger partial charge in [0.15, 0.2) is 0 Å². The maximum atomic E-state index is 13.6. The van der Waals surface area contributed by atoms with Crippen LogP contribution < -0.4 is 16.2 Å². The Morgan fingerprint density at radius 1 is 1.06 bits per heavy atom. The number of nitrogens with one attached hydrogen (secondary N) is 2. The van der Waals surface area contributed by atoms with Crippen molar-refractivity contribution >= 4 is 11.8 Å². The zero-order chi connectivity index (χ0) is 25.3. The van der Waals surface area contributed by atoms with Crippen LogP contribution >= 0.6 is 0 Å². The van der Waals surface area contributed by atoms with Crippen molar-refractivity contribution in [2.24, 2.45) is 5.92 Å². The van der Waals surface area contributed by atoms with E-state index >= 15 is 0 Å². The first-order chi connectivity index (χ1) is 16.8. The quantitative estimate of drug-likeness (QED) is 0.438. The summed E-state index contributed by atoms with van der Waals surface area (Å²) < 4.78 is 7.06. The van der Waals surface area contributed by atoms with Gasteiger partial charge in [0.2, 0.25) is 5.91 Å². The van der Waals surface area contributed by atoms with Gasteiger partial charge in [0.05, 0.1) is 19.8 Å². The summed E-state index contributed by atoms with van der Waals surface area (Å²) >= 11 is 0. The van der Waals surface area contributed by atoms with Crippen molar-refractivity contribution in [3.05, 3.63) is 33.2 Å². The third-order valence-electron chi connectivity index (χ3n) is 7.27. The zero-order valence-electron chi connectivity index (χ0n) is 21.5. The van der Waals surface area contributed by atoms with Crippen molar-refractivity contribution in [3.63, 3.8) is 0 Å². The number of aliphatic hydroxyl groups is 1. The molecule has 0 aromatic carbocycles. The normalized spacial score (nSPS) is 17.2. The highest BCUT2D eigenvalue weighted by Crippen LogP contribution is 2.27. The lowest BCUT2D eigenvalue weighted by Crippen LogP contribution is -2.56. The fourth-order valence-corrected chi connectivity index (χ4v) is 5.25. The standard InChI is InChI=1S/C27H43N3O5/c1-27(2,26(34)28-14-16-35-17-15-31)29-24(32)22-18-21-12-8-3-4-9-13-23(21)30(25(22)33)19-20-10-6-5-7-11-20/h18,20,31H,3-17,19H2,1-2H3,(H,28,34)(H,29,32). The van der Waals surface area contributed by atoms with Crippen molar-refractivity contribution in [1.29, 1.82) is 0 Å². The molecular weight excluding hydrogens is 446 g/mol. The lowest BCUT2D eigenvalue weighted by molar-refractivity contribution is -0.126. The van der Waals surface area contributed by atoms with Gasteiger partial charge in [-0.15, -0.1) is 0 Å². The monoisotopic (exact) mass is 489 g/mol. The molecular formula is C27H43N3O5. The highest BCUT2D eigenvalue weighted by molar-refractivity contribution is 5.98. The number of carbonyl (C=O) groups is 2. The van der Waals surface area contributed by atoms with Gasteiger partial charge in [0.25, 0.3) is 11.5 Å². The van der Waals surface area contributed by atoms with Crippen LogP contribution in [0, 0.1) is 5.92 Å². The molecule has 0 unspecified atom stereocenters. The van der Waals surface area contributed by atoms with Crippen LogP contribution in [0.5, 0.6) is 0 Å². The number of carbonyl (C=O) groups excluding carboxylic acids is 2. The van der Waals surface area contributed by atoms with E-state index in [2.05, 4.69) is 10.6 Å². The molecule has 196 valence electrons. The summed E-state index contributed by atoms with van der Waals surface area (Å²) in [5, 5.41) is 14.3. The van der Waals surface area contributed by atoms with Gasteiger partial charge in [-0.05, 0) is 69.9 Å². The van der Waals surface area contributed by atoms with E-state index in [1.807, 2.05) is 4.57 Å². The summed E-state index contributed by atoms with van der Waals surface area (Å²) in [5.41, 5.74) is 0.914. The van der Waals surface area contributed by atoms with Gasteiger partial charge in [-0.25, -0.2) is 0 Å². The number of aryl methyl sites for hydroxylation is 1. The van der Waals surface area contributed by atoms with E-state index in [0.717, 1.165) is 56.2 Å². The predicted molar refractivity (Wildman–Crippen MR) is 136 cm³/mol. The van der Waals surface area contributed by atoms with Crippen LogP contribution in [-0.4, -0.2) is 53.4 Å². The molecule has 0 saturated heterocycles. The second-order valence-electron chi connectivity index (χ2n) is 10.5. The first-order valence-corrected chi connectivity index (χ1v) is 13.4. The van der Waals surface area contributed by atoms with Crippen LogP contribution in [0.2, 0.25) is 0 Å². The molecule has 1 saturated carbocycles. The highest BCUT2D eigenvalue weighted by atomic mass is 16.5. The van der Waals surface area contributed by atoms with Gasteiger partial charge in [-0.1, -0.05) is 32.1 Å². The molecule has 0 bridgehead atoms. The summed E-state index contributed by atoms with van der Waals surface area (Å²) in [6.07, 6.45) is 12.2. The Morgan fingerprint density at radius 3 is 2.46 bits per heavy atom. The van der Waals surface area contributed by atoms with Crippen molar-refractivity contribution < 1.29 is 19.4 Å². The molecule has 3 rings (SSSR count). The second kappa shape index (κ2) is 13.2. The van der Waals surface area contributed by atoms with E-state index in [0.29, 0.717) is 12.5 Å². The summed E-state index contributed by atoms with van der Waals surface area (Å²) in [5.74, 6) is -0.384. The van der Waals surface area contributed by atoms with E-state index in [1.165, 1.54) is 25.7 Å². The van der Waals surface area contributed by atoms with Crippen molar-refractivity contribution in [2.45, 2.75) is 96.6 Å². The maximum Gasteiger partial charge on any atom is 0.263 e. The van der Waals surface area contributed by atoms with Crippen molar-refractivity contribution in [1.82, 2.24) is 15.2 Å². The largest absolute Gasteiger partial charge is 0.394 e. The molecule has 1 aromatic heterocycles. The average Bonchev–Trinajstić information content (AvgIpc) is 2.81. The molecule has 8 heteroatoms. The number of hydrogen-bond acceptors (Lipinski definition) is 5. The van der Waals surface area contributed by atoms with Gasteiger partial charge >= 0.3 is 0 Å². The Balaban J connectivity index is 1.81. The van der Waals surface area contributed by atoms with Gasteiger partial charge in [0, 0.05) is 18.8 Å². The number of pyridine rings is 1. The number of aromatic nitrogens is 1. The Bertz CT molecular complexity index is 918. The molecule has 0 aliphatic heterocycles. The Hall–Kier alpha value is -2.19. The Kier molecular flexibility index (Phi) is 10.3. The summed E-state index contributed by atoms with van der Waals surface area (Å²) in [6.45, 7) is 4.61. The van der Waals surface area contributed by atoms with Crippen LogP contribution in [0.3, 0.4) is 0 Å². The number of hydrogen-bond donors (Lipinski definition) is 3. The Morgan fingerprint density at radius 2 is 1.74 bits per heavy atom. The number of ether oxygens (including phenoxy) is 1. The minimum atomic E-state index is -1.20. The van der Waals surface area contributed by atoms with Gasteiger partial charge in [0.1, 0.15) is 11.1 Å². The number of rotatable bonds is 10. The van der Waals surface area contributed by atoms with Gasteiger partial charge < -0.3 is 25.0 Å². The van der Waals surface area contributed by atoms with E-state index in [9.17, 15) is 14.4 Å². The number of aliphatic hydroxyl groups excluding tert-OH is 1. The molecule has 8 nitrogen and oxygen atoms in total. The molecule has 3 N–H and O–H groups in total. The van der Waals surface area contributed by atoms with Crippen LogP contribution in [0.4, 0.5) is 0 Å². The highest BCUT2D eigenvalue weighted by Gasteiger charge is 2.31. The molecule has 0 spiro atoms. The van der Waals surface area contributed by atoms with E-state index in [-0.39, 0.29) is 43.4 Å². The molecule has 2 amide bonds. The maximum absolute atomic E-state index is 13.6. The molecule has 0 radical (unpaired) electrons. The average molecular weight is 490 g/mol. The molecule has 1 aromatic rings. The topological polar surface area (TPSA) is 110 Å². The third kappa shape index (κ3) is 7.64. The van der Waals surface area contributed by atoms with Gasteiger partial charge in [-0.3, -0.25) is 14.4 Å². The van der Waals surface area contributed by atoms with Gasteiger partial charge in [-0.2, -0.15) is 0 Å². The van der Waals surface area contributed by atoms with E-state index in [1.54, 1.807) is 19.9 Å². The summed E-state index contributed by atoms with van der Waals surface area (Å²) in [4.78, 5) is 39.7. The number of amides is 2. The SMILES string of the molecule is CC(C)(NC(=O)c1cc2c(n(CC3CCCCC3)c1=O)CCCCCC2)C(=O)NCCOCCO. The van der Waals surface area contributed by atoms with Crippen LogP contribution in [0.15, 0.2) is 10.9 Å². The van der Waals surface area contributed by atoms with Crippen LogP contribution in [-0.2, 0) is 28.9 Å². The molecule has 2 aliphatic rings. The molecule has 35 heavy (non-hydrogen) atoms. The third-order valence-corrected chi connectivity index (χ3v) is 7.27. The molecule has 0 atom stereocenters. The zero-order valence-corrected chi connectivity index (χ0v) is 21.5. The molecule has 1 fully saturated rings. The molecule has 1 heterocycles. The fourth-order valence-electron chi connectivity index (χ4n) is 5.25. The second-order valence-corrected chi connectivity index (χ2v) is 10.5. The minimum Gasteiger partial charge on any atom is -0.394 e. The predicted octanol–water partition coefficient (Wildman–Crippen LogP) is 2.72. The lowest BCUT2D eigenvalue weighted by atomic mass is 9.88. The summed E-state index contributed by atoms with van der Waals surface area (Å²) in [6, 6.07) is 1.78. The first-order valence-electron chi connectivity index (χ1n) is 13.4. The first kappa shape index (κ1) is 27.4. The molecule has 2 aliphatic carbocycles. The fraction of sp³-hybridized carbons (Fsp3) is 0.741. The van der Waals surface area contributed by atoms with E-state index < -0.39 is 11.4 Å². The minimum absolute atomic E-state index is 0.0749. The van der Waals surface area contributed by atoms with E-state index in [4.69, 9.17) is 9.84 Å². The Labute approximate surface area is 208 Å². The number of nitrogens with zero attached hydrogens (tertiary/aromatic N) is 1. The summed E-state index contributed by atoms with van der Waals surface area (Å²) in [7, 11) is 0. The number of fused-ring (bicyclic) bond motifs is 1. The lowest BCUT2D eigenvalue weighted by Gasteiger charge is -2.28. The smallest absolute Gasteiger partial charge is 0.263 e. The van der Waals surface area contributed by atoms with Crippen molar-refractivity contribution in [3.8, 4) is 0 Å². The van der Waals surface area contributed by atoms with Crippen molar-refractivity contribution in [2.75, 3.05) is 26.4 Å². The van der Waals surface area contributed by atoms with Crippen LogP contribution in [0.25, 0.3) is 0 Å². The van der Waals surface area contributed by atoms with Crippen LogP contribution in [0.1, 0.15) is 93.3 Å².